The lowest BCUT2D eigenvalue weighted by Gasteiger charge is -2.21. The van der Waals surface area contributed by atoms with Crippen molar-refractivity contribution in [3.63, 3.8) is 0 Å². The van der Waals surface area contributed by atoms with Gasteiger partial charge in [0.25, 0.3) is 0 Å². The minimum absolute atomic E-state index is 0.227. The maximum Gasteiger partial charge on any atom is 0.319 e. The molecule has 7 heteroatoms. The third kappa shape index (κ3) is 5.55. The van der Waals surface area contributed by atoms with Crippen LogP contribution in [0.4, 0.5) is 14.9 Å². The molecule has 0 saturated carbocycles. The van der Waals surface area contributed by atoms with Crippen LogP contribution < -0.4 is 10.6 Å². The molecule has 0 radical (unpaired) electrons. The molecule has 2 heterocycles. The van der Waals surface area contributed by atoms with E-state index in [1.165, 1.54) is 17.7 Å². The minimum Gasteiger partial charge on any atom is -0.381 e. The van der Waals surface area contributed by atoms with Gasteiger partial charge in [-0.05, 0) is 60.7 Å². The summed E-state index contributed by atoms with van der Waals surface area (Å²) in [5.41, 5.74) is 3.82. The van der Waals surface area contributed by atoms with E-state index in [-0.39, 0.29) is 11.8 Å². The average molecular weight is 428 g/mol. The molecule has 1 fully saturated rings. The van der Waals surface area contributed by atoms with Gasteiger partial charge in [0.15, 0.2) is 0 Å². The number of halogens is 1. The highest BCUT2D eigenvalue weighted by molar-refractivity contribution is 7.99. The van der Waals surface area contributed by atoms with Gasteiger partial charge in [0, 0.05) is 53.5 Å². The van der Waals surface area contributed by atoms with Crippen LogP contribution >= 0.6 is 11.8 Å². The number of hydrogen-bond acceptors (Lipinski definition) is 3. The van der Waals surface area contributed by atoms with E-state index in [0.717, 1.165) is 54.0 Å². The number of rotatable bonds is 7. The molecule has 0 atom stereocenters. The number of ether oxygens (including phenoxy) is 1. The van der Waals surface area contributed by atoms with E-state index < -0.39 is 0 Å². The van der Waals surface area contributed by atoms with Gasteiger partial charge >= 0.3 is 6.03 Å². The molecule has 3 aromatic rings. The van der Waals surface area contributed by atoms with E-state index in [4.69, 9.17) is 4.74 Å². The number of thioether (sulfide) groups is 1. The molecule has 30 heavy (non-hydrogen) atoms. The maximum atomic E-state index is 13.3. The molecule has 158 valence electrons. The van der Waals surface area contributed by atoms with E-state index in [1.807, 2.05) is 36.2 Å². The lowest BCUT2D eigenvalue weighted by molar-refractivity contribution is 0.1000. The van der Waals surface area contributed by atoms with Crippen LogP contribution in [-0.2, 0) is 16.9 Å². The third-order valence-electron chi connectivity index (χ3n) is 5.25. The Labute approximate surface area is 179 Å². The smallest absolute Gasteiger partial charge is 0.319 e. The Bertz CT molecular complexity index is 1000. The number of hydrogen-bond donors (Lipinski definition) is 3. The van der Waals surface area contributed by atoms with Crippen LogP contribution in [0, 0.1) is 5.82 Å². The van der Waals surface area contributed by atoms with Gasteiger partial charge < -0.3 is 20.4 Å². The van der Waals surface area contributed by atoms with E-state index >= 15 is 0 Å². The van der Waals surface area contributed by atoms with E-state index in [2.05, 4.69) is 21.7 Å². The SMILES string of the molecule is O=C(NCCc1c[nH]c2cc(F)ccc12)Nc1cccc(CSC2CCOCC2)c1. The number of fused-ring (bicyclic) bond motifs is 1. The first-order valence-corrected chi connectivity index (χ1v) is 11.3. The van der Waals surface area contributed by atoms with Crippen LogP contribution in [0.5, 0.6) is 0 Å². The van der Waals surface area contributed by atoms with E-state index in [0.29, 0.717) is 18.2 Å². The summed E-state index contributed by atoms with van der Waals surface area (Å²) in [4.78, 5) is 15.3. The molecule has 2 amide bonds. The highest BCUT2D eigenvalue weighted by Gasteiger charge is 2.14. The number of amides is 2. The van der Waals surface area contributed by atoms with Gasteiger partial charge in [0.05, 0.1) is 0 Å². The molecule has 1 saturated heterocycles. The quantitative estimate of drug-likeness (QED) is 0.492. The summed E-state index contributed by atoms with van der Waals surface area (Å²) in [6, 6.07) is 12.5. The Morgan fingerprint density at radius 2 is 2.07 bits per heavy atom. The fourth-order valence-electron chi connectivity index (χ4n) is 3.65. The Hall–Kier alpha value is -2.51. The van der Waals surface area contributed by atoms with E-state index in [1.54, 1.807) is 6.07 Å². The van der Waals surface area contributed by atoms with Crippen LogP contribution in [0.2, 0.25) is 0 Å². The lowest BCUT2D eigenvalue weighted by Crippen LogP contribution is -2.30. The predicted octanol–water partition coefficient (Wildman–Crippen LogP) is 5.08. The molecule has 1 aromatic heterocycles. The number of carbonyl (C=O) groups is 1. The zero-order chi connectivity index (χ0) is 20.8. The second-order valence-corrected chi connectivity index (χ2v) is 8.75. The zero-order valence-corrected chi connectivity index (χ0v) is 17.6. The van der Waals surface area contributed by atoms with E-state index in [9.17, 15) is 9.18 Å². The standard InChI is InChI=1S/C23H26FN3O2S/c24-18-4-5-21-17(14-26-22(21)13-18)6-9-25-23(28)27-19-3-1-2-16(12-19)15-30-20-7-10-29-11-8-20/h1-5,12-14,20,26H,6-11,15H2,(H2,25,27,28). The van der Waals surface area contributed by atoms with Crippen LogP contribution in [-0.4, -0.2) is 36.0 Å². The monoisotopic (exact) mass is 427 g/mol. The Morgan fingerprint density at radius 3 is 2.93 bits per heavy atom. The van der Waals surface area contributed by atoms with Gasteiger partial charge in [-0.15, -0.1) is 0 Å². The van der Waals surface area contributed by atoms with Gasteiger partial charge in [-0.2, -0.15) is 11.8 Å². The number of aromatic amines is 1. The van der Waals surface area contributed by atoms with Gasteiger partial charge in [-0.1, -0.05) is 12.1 Å². The van der Waals surface area contributed by atoms with Gasteiger partial charge in [-0.25, -0.2) is 9.18 Å². The second kappa shape index (κ2) is 10.00. The Balaban J connectivity index is 1.24. The van der Waals surface area contributed by atoms with Crippen LogP contribution in [0.3, 0.4) is 0 Å². The molecule has 2 aromatic carbocycles. The van der Waals surface area contributed by atoms with Gasteiger partial charge in [0.1, 0.15) is 5.82 Å². The molecule has 0 aliphatic carbocycles. The Morgan fingerprint density at radius 1 is 1.20 bits per heavy atom. The summed E-state index contributed by atoms with van der Waals surface area (Å²) in [5.74, 6) is 0.671. The summed E-state index contributed by atoms with van der Waals surface area (Å²) < 4.78 is 18.7. The normalized spacial score (nSPS) is 14.7. The number of anilines is 1. The number of H-pyrrole nitrogens is 1. The molecule has 1 aliphatic heterocycles. The fraction of sp³-hybridized carbons (Fsp3) is 0.348. The molecule has 5 nitrogen and oxygen atoms in total. The summed E-state index contributed by atoms with van der Waals surface area (Å²) in [7, 11) is 0. The molecule has 0 spiro atoms. The number of nitrogens with one attached hydrogen (secondary N) is 3. The van der Waals surface area contributed by atoms with Crippen molar-refractivity contribution in [3.8, 4) is 0 Å². The van der Waals surface area contributed by atoms with Crippen molar-refractivity contribution in [2.24, 2.45) is 0 Å². The topological polar surface area (TPSA) is 66.2 Å². The van der Waals surface area contributed by atoms with Crippen molar-refractivity contribution in [3.05, 3.63) is 65.6 Å². The van der Waals surface area contributed by atoms with Crippen molar-refractivity contribution in [2.45, 2.75) is 30.3 Å². The van der Waals surface area contributed by atoms with Gasteiger partial charge in [0.2, 0.25) is 0 Å². The fourth-order valence-corrected chi connectivity index (χ4v) is 4.78. The largest absolute Gasteiger partial charge is 0.381 e. The van der Waals surface area contributed by atoms with Crippen molar-refractivity contribution in [1.82, 2.24) is 10.3 Å². The number of carbonyl (C=O) groups excluding carboxylic acids is 1. The summed E-state index contributed by atoms with van der Waals surface area (Å²) in [6.07, 6.45) is 4.75. The van der Waals surface area contributed by atoms with Crippen LogP contribution in [0.25, 0.3) is 10.9 Å². The number of urea groups is 1. The third-order valence-corrected chi connectivity index (χ3v) is 6.69. The number of benzene rings is 2. The summed E-state index contributed by atoms with van der Waals surface area (Å²) in [6.45, 7) is 2.21. The molecular formula is C23H26FN3O2S. The highest BCUT2D eigenvalue weighted by Crippen LogP contribution is 2.26. The predicted molar refractivity (Wildman–Crippen MR) is 121 cm³/mol. The lowest BCUT2D eigenvalue weighted by atomic mass is 10.1. The zero-order valence-electron chi connectivity index (χ0n) is 16.7. The summed E-state index contributed by atoms with van der Waals surface area (Å²) >= 11 is 1.96. The van der Waals surface area contributed by atoms with Crippen molar-refractivity contribution in [1.29, 1.82) is 0 Å². The van der Waals surface area contributed by atoms with Crippen molar-refractivity contribution >= 4 is 34.4 Å². The second-order valence-electron chi connectivity index (χ2n) is 7.46. The first-order chi connectivity index (χ1) is 14.7. The average Bonchev–Trinajstić information content (AvgIpc) is 3.15. The molecule has 0 bridgehead atoms. The van der Waals surface area contributed by atoms with Gasteiger partial charge in [-0.3, -0.25) is 0 Å². The Kier molecular flexibility index (Phi) is 6.92. The van der Waals surface area contributed by atoms with Crippen molar-refractivity contribution < 1.29 is 13.9 Å². The molecule has 4 rings (SSSR count). The molecule has 0 unspecified atom stereocenters. The molecule has 1 aliphatic rings. The van der Waals surface area contributed by atoms with Crippen LogP contribution in [0.15, 0.2) is 48.7 Å². The first kappa shape index (κ1) is 20.8. The highest BCUT2D eigenvalue weighted by atomic mass is 32.2. The van der Waals surface area contributed by atoms with Crippen LogP contribution in [0.1, 0.15) is 24.0 Å². The summed E-state index contributed by atoms with van der Waals surface area (Å²) in [5, 5.41) is 7.43. The number of aromatic nitrogens is 1. The molecular weight excluding hydrogens is 401 g/mol. The first-order valence-electron chi connectivity index (χ1n) is 10.3. The molecule has 3 N–H and O–H groups in total. The van der Waals surface area contributed by atoms with Crippen molar-refractivity contribution in [2.75, 3.05) is 25.1 Å². The maximum absolute atomic E-state index is 13.3. The minimum atomic E-state index is -0.262.